The van der Waals surface area contributed by atoms with Crippen molar-refractivity contribution in [3.8, 4) is 11.3 Å². The van der Waals surface area contributed by atoms with E-state index < -0.39 is 6.55 Å². The van der Waals surface area contributed by atoms with Crippen LogP contribution in [0.15, 0.2) is 55.0 Å². The van der Waals surface area contributed by atoms with Gasteiger partial charge in [-0.05, 0) is 49.9 Å². The second-order valence-corrected chi connectivity index (χ2v) is 8.13. The van der Waals surface area contributed by atoms with E-state index >= 15 is 0 Å². The SMILES string of the molecule is O=C(Nc1nc2ccccc2n1C1CCC(O)CC1)c1ccnc(-c2cnn(C(F)F)c2)c1. The zero-order chi connectivity index (χ0) is 22.9. The van der Waals surface area contributed by atoms with E-state index in [9.17, 15) is 18.7 Å². The fourth-order valence-corrected chi connectivity index (χ4v) is 4.30. The average Bonchev–Trinajstić information content (AvgIpc) is 3.45. The van der Waals surface area contributed by atoms with Crippen molar-refractivity contribution in [1.82, 2.24) is 24.3 Å². The summed E-state index contributed by atoms with van der Waals surface area (Å²) in [6, 6.07) is 10.9. The van der Waals surface area contributed by atoms with E-state index in [1.165, 1.54) is 24.7 Å². The van der Waals surface area contributed by atoms with Crippen molar-refractivity contribution in [2.24, 2.45) is 0 Å². The van der Waals surface area contributed by atoms with Crippen LogP contribution in [0.25, 0.3) is 22.3 Å². The van der Waals surface area contributed by atoms with Crippen molar-refractivity contribution in [1.29, 1.82) is 0 Å². The highest BCUT2D eigenvalue weighted by Gasteiger charge is 2.25. The molecule has 170 valence electrons. The topological polar surface area (TPSA) is 97.9 Å². The minimum absolute atomic E-state index is 0.115. The summed E-state index contributed by atoms with van der Waals surface area (Å²) in [6.07, 6.45) is 6.61. The van der Waals surface area contributed by atoms with Gasteiger partial charge in [-0.3, -0.25) is 15.1 Å². The van der Waals surface area contributed by atoms with Crippen LogP contribution < -0.4 is 5.32 Å². The Morgan fingerprint density at radius 3 is 2.70 bits per heavy atom. The van der Waals surface area contributed by atoms with Gasteiger partial charge in [0.2, 0.25) is 5.95 Å². The first-order valence-corrected chi connectivity index (χ1v) is 10.7. The maximum atomic E-state index is 13.1. The Morgan fingerprint density at radius 2 is 1.94 bits per heavy atom. The number of rotatable bonds is 5. The summed E-state index contributed by atoms with van der Waals surface area (Å²) in [6.45, 7) is -2.75. The number of imidazole rings is 1. The molecule has 0 bridgehead atoms. The van der Waals surface area contributed by atoms with Crippen molar-refractivity contribution in [3.63, 3.8) is 0 Å². The van der Waals surface area contributed by atoms with Crippen LogP contribution in [0, 0.1) is 0 Å². The second-order valence-electron chi connectivity index (χ2n) is 8.13. The molecule has 1 aliphatic rings. The zero-order valence-corrected chi connectivity index (χ0v) is 17.6. The number of carbonyl (C=O) groups excluding carboxylic acids is 1. The Labute approximate surface area is 187 Å². The first-order chi connectivity index (χ1) is 16.0. The van der Waals surface area contributed by atoms with Crippen molar-refractivity contribution < 1.29 is 18.7 Å². The number of nitrogens with one attached hydrogen (secondary N) is 1. The number of amides is 1. The number of carbonyl (C=O) groups is 1. The molecule has 0 unspecified atom stereocenters. The zero-order valence-electron chi connectivity index (χ0n) is 17.6. The van der Waals surface area contributed by atoms with Gasteiger partial charge in [-0.2, -0.15) is 13.9 Å². The van der Waals surface area contributed by atoms with E-state index in [1.807, 2.05) is 28.8 Å². The number of aliphatic hydroxyl groups excluding tert-OH is 1. The van der Waals surface area contributed by atoms with Gasteiger partial charge in [0.15, 0.2) is 0 Å². The minimum atomic E-state index is -2.75. The van der Waals surface area contributed by atoms with E-state index in [4.69, 9.17) is 0 Å². The molecule has 3 heterocycles. The summed E-state index contributed by atoms with van der Waals surface area (Å²) in [7, 11) is 0. The molecule has 1 aliphatic carbocycles. The summed E-state index contributed by atoms with van der Waals surface area (Å²) in [4.78, 5) is 21.9. The standard InChI is InChI=1S/C23H22F2N6O2/c24-22(25)30-13-15(12-27-30)19-11-14(9-10-26-19)21(33)29-23-28-18-3-1-2-4-20(18)31(23)16-5-7-17(32)8-6-16/h1-4,9-13,16-17,22,32H,5-8H2,(H,28,29,33). The Morgan fingerprint density at radius 1 is 1.15 bits per heavy atom. The number of pyridine rings is 1. The summed E-state index contributed by atoms with van der Waals surface area (Å²) in [5.74, 6) is 0.0544. The molecule has 10 heteroatoms. The van der Waals surface area contributed by atoms with Crippen LogP contribution in [0.1, 0.15) is 48.6 Å². The van der Waals surface area contributed by atoms with Gasteiger partial charge >= 0.3 is 6.55 Å². The second kappa shape index (κ2) is 8.70. The number of para-hydroxylation sites is 2. The molecule has 0 spiro atoms. The first kappa shape index (κ1) is 21.2. The van der Waals surface area contributed by atoms with Gasteiger partial charge in [-0.15, -0.1) is 0 Å². The molecule has 0 saturated heterocycles. The lowest BCUT2D eigenvalue weighted by molar-refractivity contribution is 0.0566. The van der Waals surface area contributed by atoms with Gasteiger partial charge in [-0.25, -0.2) is 9.67 Å². The van der Waals surface area contributed by atoms with Gasteiger partial charge in [0.1, 0.15) is 0 Å². The van der Waals surface area contributed by atoms with Crippen LogP contribution in [0.4, 0.5) is 14.7 Å². The predicted molar refractivity (Wildman–Crippen MR) is 118 cm³/mol. The maximum absolute atomic E-state index is 13.1. The van der Waals surface area contributed by atoms with E-state index in [0.29, 0.717) is 40.3 Å². The molecule has 4 aromatic rings. The molecule has 1 fully saturated rings. The van der Waals surface area contributed by atoms with Crippen LogP contribution in [-0.4, -0.2) is 41.4 Å². The summed E-state index contributed by atoms with van der Waals surface area (Å²) < 4.78 is 28.2. The molecule has 1 saturated carbocycles. The third-order valence-corrected chi connectivity index (χ3v) is 5.97. The quantitative estimate of drug-likeness (QED) is 0.467. The molecule has 0 radical (unpaired) electrons. The number of aromatic nitrogens is 5. The van der Waals surface area contributed by atoms with Crippen LogP contribution >= 0.6 is 0 Å². The Kier molecular flexibility index (Phi) is 5.59. The van der Waals surface area contributed by atoms with E-state index in [2.05, 4.69) is 20.4 Å². The Bertz CT molecular complexity index is 1290. The van der Waals surface area contributed by atoms with Crippen molar-refractivity contribution in [3.05, 3.63) is 60.6 Å². The summed E-state index contributed by atoms with van der Waals surface area (Å²) >= 11 is 0. The number of halogens is 2. The number of aliphatic hydroxyl groups is 1. The van der Waals surface area contributed by atoms with Crippen molar-refractivity contribution in [2.75, 3.05) is 5.32 Å². The third kappa shape index (κ3) is 4.21. The monoisotopic (exact) mass is 452 g/mol. The van der Waals surface area contributed by atoms with Gasteiger partial charge in [0.25, 0.3) is 5.91 Å². The van der Waals surface area contributed by atoms with E-state index in [1.54, 1.807) is 6.07 Å². The van der Waals surface area contributed by atoms with Crippen molar-refractivity contribution >= 4 is 22.9 Å². The smallest absolute Gasteiger partial charge is 0.333 e. The molecule has 5 rings (SSSR count). The highest BCUT2D eigenvalue weighted by atomic mass is 19.3. The molecule has 1 aromatic carbocycles. The fourth-order valence-electron chi connectivity index (χ4n) is 4.30. The summed E-state index contributed by atoms with van der Waals surface area (Å²) in [5.41, 5.74) is 2.77. The highest BCUT2D eigenvalue weighted by molar-refractivity contribution is 6.04. The number of nitrogens with zero attached hydrogens (tertiary/aromatic N) is 5. The average molecular weight is 452 g/mol. The van der Waals surface area contributed by atoms with Crippen molar-refractivity contribution in [2.45, 2.75) is 44.4 Å². The lowest BCUT2D eigenvalue weighted by Crippen LogP contribution is -2.23. The normalized spacial score (nSPS) is 18.7. The number of alkyl halides is 2. The number of anilines is 1. The minimum Gasteiger partial charge on any atom is -0.393 e. The number of fused-ring (bicyclic) bond motifs is 1. The molecule has 3 aromatic heterocycles. The molecule has 0 atom stereocenters. The Balaban J connectivity index is 1.44. The third-order valence-electron chi connectivity index (χ3n) is 5.97. The lowest BCUT2D eigenvalue weighted by Gasteiger charge is -2.28. The van der Waals surface area contributed by atoms with E-state index in [0.717, 1.165) is 23.9 Å². The van der Waals surface area contributed by atoms with E-state index in [-0.39, 0.29) is 18.1 Å². The largest absolute Gasteiger partial charge is 0.393 e. The van der Waals surface area contributed by atoms with Crippen LogP contribution in [0.2, 0.25) is 0 Å². The maximum Gasteiger partial charge on any atom is 0.333 e. The molecular formula is C23H22F2N6O2. The molecule has 8 nitrogen and oxygen atoms in total. The van der Waals surface area contributed by atoms with Crippen LogP contribution in [0.3, 0.4) is 0 Å². The summed E-state index contributed by atoms with van der Waals surface area (Å²) in [5, 5.41) is 16.4. The highest BCUT2D eigenvalue weighted by Crippen LogP contribution is 2.34. The fraction of sp³-hybridized carbons (Fsp3) is 0.304. The van der Waals surface area contributed by atoms with Crippen LogP contribution in [0.5, 0.6) is 0 Å². The Hall–Kier alpha value is -3.66. The van der Waals surface area contributed by atoms with Gasteiger partial charge in [0, 0.05) is 29.6 Å². The molecule has 33 heavy (non-hydrogen) atoms. The van der Waals surface area contributed by atoms with Gasteiger partial charge in [0.05, 0.1) is 29.0 Å². The molecular weight excluding hydrogens is 430 g/mol. The lowest BCUT2D eigenvalue weighted by atomic mass is 9.93. The predicted octanol–water partition coefficient (Wildman–Crippen LogP) is 4.42. The molecule has 0 aliphatic heterocycles. The van der Waals surface area contributed by atoms with Gasteiger partial charge < -0.3 is 9.67 Å². The van der Waals surface area contributed by atoms with Gasteiger partial charge in [-0.1, -0.05) is 12.1 Å². The molecule has 1 amide bonds. The molecule has 2 N–H and O–H groups in total. The number of hydrogen-bond acceptors (Lipinski definition) is 5. The van der Waals surface area contributed by atoms with Crippen LogP contribution in [-0.2, 0) is 0 Å². The first-order valence-electron chi connectivity index (χ1n) is 10.7. The number of hydrogen-bond donors (Lipinski definition) is 2. The number of benzene rings is 1.